The third kappa shape index (κ3) is 26.3. The Labute approximate surface area is 827 Å². The van der Waals surface area contributed by atoms with E-state index >= 15 is 0 Å². The first-order chi connectivity index (χ1) is 69.0. The summed E-state index contributed by atoms with van der Waals surface area (Å²) in [5.41, 5.74) is 0. The lowest BCUT2D eigenvalue weighted by Gasteiger charge is -2.52. The Morgan fingerprint density at radius 3 is 0.733 bits per heavy atom. The van der Waals surface area contributed by atoms with E-state index in [1.165, 1.54) is 13.8 Å². The summed E-state index contributed by atoms with van der Waals surface area (Å²) >= 11 is 0. The molecule has 12 rings (SSSR count). The van der Waals surface area contributed by atoms with E-state index in [-0.39, 0.29) is 0 Å². The zero-order valence-electron chi connectivity index (χ0n) is 79.0. The summed E-state index contributed by atoms with van der Waals surface area (Å²) in [7, 11) is 0. The molecule has 0 bridgehead atoms. The molecule has 5 amide bonds. The Morgan fingerprint density at radius 2 is 0.411 bits per heavy atom. The molecule has 0 aromatic rings. The van der Waals surface area contributed by atoms with Crippen LogP contribution >= 0.6 is 0 Å². The van der Waals surface area contributed by atoms with Gasteiger partial charge in [0.15, 0.2) is 75.5 Å². The van der Waals surface area contributed by atoms with Gasteiger partial charge in [-0.3, -0.25) is 24.0 Å². The van der Waals surface area contributed by atoms with Gasteiger partial charge in [0.2, 0.25) is 29.5 Å². The predicted molar refractivity (Wildman–Crippen MR) is 450 cm³/mol. The van der Waals surface area contributed by atoms with Gasteiger partial charge in [0.1, 0.15) is 280 Å². The molecule has 0 saturated carbocycles. The van der Waals surface area contributed by atoms with Gasteiger partial charge in [0, 0.05) is 34.6 Å². The van der Waals surface area contributed by atoms with E-state index < -0.39 is 464 Å². The van der Waals surface area contributed by atoms with Gasteiger partial charge < -0.3 is 294 Å². The van der Waals surface area contributed by atoms with Gasteiger partial charge in [0.25, 0.3) is 0 Å². The maximum atomic E-state index is 13.6. The minimum absolute atomic E-state index is 0.846. The van der Waals surface area contributed by atoms with Crippen molar-refractivity contribution < 1.29 is 291 Å². The second kappa shape index (κ2) is 52.2. The Bertz CT molecular complexity index is 4090. The molecule has 844 valence electrons. The summed E-state index contributed by atoms with van der Waals surface area (Å²) in [6.07, 6.45) is -120. The minimum Gasteiger partial charge on any atom is -0.394 e. The summed E-state index contributed by atoms with van der Waals surface area (Å²) in [5, 5.41) is 365. The van der Waals surface area contributed by atoms with Crippen LogP contribution in [0.2, 0.25) is 0 Å². The van der Waals surface area contributed by atoms with Crippen LogP contribution in [-0.4, -0.2) is 622 Å². The van der Waals surface area contributed by atoms with Gasteiger partial charge in [-0.2, -0.15) is 0 Å². The van der Waals surface area contributed by atoms with E-state index in [2.05, 4.69) is 26.6 Å². The van der Waals surface area contributed by atoms with Crippen molar-refractivity contribution in [3.8, 4) is 0 Å². The molecule has 12 heterocycles. The summed E-state index contributed by atoms with van der Waals surface area (Å²) in [5.74, 6) is -5.05. The van der Waals surface area contributed by atoms with Crippen molar-refractivity contribution in [2.24, 2.45) is 0 Å². The summed E-state index contributed by atoms with van der Waals surface area (Å²) < 4.78 is 141. The van der Waals surface area contributed by atoms with Gasteiger partial charge in [-0.15, -0.1) is 0 Å². The maximum absolute atomic E-state index is 13.6. The first kappa shape index (κ1) is 120. The molecule has 60 atom stereocenters. The highest BCUT2D eigenvalue weighted by Crippen LogP contribution is 2.44. The molecule has 36 N–H and O–H groups in total. The van der Waals surface area contributed by atoms with E-state index in [1.807, 2.05) is 0 Å². The van der Waals surface area contributed by atoms with Crippen LogP contribution in [0.1, 0.15) is 48.5 Å². The Morgan fingerprint density at radius 1 is 0.192 bits per heavy atom. The molecule has 0 aliphatic carbocycles. The lowest BCUT2D eigenvalue weighted by molar-refractivity contribution is -0.410. The van der Waals surface area contributed by atoms with E-state index in [0.29, 0.717) is 0 Å². The van der Waals surface area contributed by atoms with Crippen molar-refractivity contribution in [2.75, 3.05) is 66.1 Å². The molecule has 0 aromatic carbocycles. The fourth-order valence-electron chi connectivity index (χ4n) is 19.2. The van der Waals surface area contributed by atoms with Gasteiger partial charge >= 0.3 is 0 Å². The molecule has 0 radical (unpaired) electrons. The quantitative estimate of drug-likeness (QED) is 0.0275. The number of carbonyl (C=O) groups is 5. The van der Waals surface area contributed by atoms with Crippen LogP contribution in [0, 0.1) is 0 Å². The van der Waals surface area contributed by atoms with Crippen LogP contribution in [0.5, 0.6) is 0 Å². The third-order valence-corrected chi connectivity index (χ3v) is 27.0. The summed E-state index contributed by atoms with van der Waals surface area (Å²) in [4.78, 5) is 66.0. The number of amides is 5. The van der Waals surface area contributed by atoms with Gasteiger partial charge in [-0.1, -0.05) is 0 Å². The Balaban J connectivity index is 0.945. The molecule has 12 fully saturated rings. The highest BCUT2D eigenvalue weighted by Gasteiger charge is 2.64. The smallest absolute Gasteiger partial charge is 0.217 e. The number of hydrogen-bond donors (Lipinski definition) is 36. The van der Waals surface area contributed by atoms with Crippen molar-refractivity contribution in [3.05, 3.63) is 0 Å². The van der Waals surface area contributed by atoms with Crippen LogP contribution < -0.4 is 26.6 Å². The fourth-order valence-corrected chi connectivity index (χ4v) is 19.2. The lowest BCUT2D eigenvalue weighted by Crippen LogP contribution is -2.72. The Hall–Kier alpha value is -4.81. The standard InChI is InChI=1S/C82H137N5O59/c1-18-40(102)52(114)58(120)76(125-18)145-69-56(118)45(107)27(10-90)130-80(69)139-63-32(15-95)134-74(38(50(63)112)86-23(6)100)143-67-54(116)43(105)26(9-89)129-79(67)124-17-34-65(141-72-36(84-21(4)98)47(109)42(104)25(8-88)128-72)66(60(122)78(136-34)138-62-31(14-94)133-73(37(49(62)111)85-22(5)99)137-61-30(13-93)127-71(123)35(48(61)110)83-20(3)97)142-82-68(55(117)44(106)29(12-92)132-82)144-75-39(87-24(7)101)51(113)64(33(16-96)135-75)140-81-70(57(119)46(108)28(11-91)131-81)146-77-59(121)53(115)41(103)19(2)126-77/h18-19,25-82,88-96,102-123H,8-17H2,1-7H3,(H,83,97)(H,84,98)(H,85,99)(H,86,100)(H,87,101)/t18-,19-,25+,26+,27+,28+,29+,30+,31+,32+,33+,34+,35+,36+,37+,38+,39+,40+,41+,42+,43+,44+,45-,46-,47+,48+,49+,50+,51+,52+,53+,54-,55-,56-,57-,58-,59-,60-,61+,62+,63+,64+,65+,66+,67-,68-,69+,70+,71?,72-,73-,74-,75-,76-,77-,78-,79-,80-,81-,82+/m0/s1. The molecule has 64 heteroatoms. The third-order valence-electron chi connectivity index (χ3n) is 27.0. The van der Waals surface area contributed by atoms with Crippen LogP contribution in [0.4, 0.5) is 0 Å². The molecular weight excluding hydrogens is 2000 g/mol. The van der Waals surface area contributed by atoms with Gasteiger partial charge in [-0.25, -0.2) is 0 Å². The highest BCUT2D eigenvalue weighted by atomic mass is 16.8. The largest absolute Gasteiger partial charge is 0.394 e. The zero-order chi connectivity index (χ0) is 107. The second-order valence-corrected chi connectivity index (χ2v) is 37.3. The number of ether oxygens (including phenoxy) is 23. The molecule has 0 aromatic heterocycles. The average Bonchev–Trinajstić information content (AvgIpc) is 0.759. The highest BCUT2D eigenvalue weighted by molar-refractivity contribution is 5.75. The molecule has 1 unspecified atom stereocenters. The van der Waals surface area contributed by atoms with E-state index in [1.54, 1.807) is 0 Å². The normalized spacial score (nSPS) is 49.8. The molecule has 64 nitrogen and oxygen atoms in total. The van der Waals surface area contributed by atoms with Crippen LogP contribution in [0.3, 0.4) is 0 Å². The number of aliphatic hydroxyl groups excluding tert-OH is 31. The van der Waals surface area contributed by atoms with Crippen LogP contribution in [0.25, 0.3) is 0 Å². The zero-order valence-corrected chi connectivity index (χ0v) is 79.0. The number of rotatable bonds is 37. The lowest BCUT2D eigenvalue weighted by atomic mass is 9.93. The van der Waals surface area contributed by atoms with Crippen molar-refractivity contribution in [3.63, 3.8) is 0 Å². The monoisotopic (exact) mass is 2140 g/mol. The summed E-state index contributed by atoms with van der Waals surface area (Å²) in [6.45, 7) is -5.43. The molecule has 12 aliphatic rings. The SMILES string of the molecule is CC(=O)N[C@H]1[C@H](O[C@H]2[C@H](O)[C@@H](NC(C)=O)C(O)O[C@@H]2CO)O[C@H](CO)[C@@H](O[C@@H]2O[C@H](CO[C@H]3O[C@H](CO)[C@@H](O)[C@H](O)[C@@H]3O[C@@H]3O[C@H](CO)[C@@H](O[C@@H]4O[C@H](CO)[C@H](O)[C@H](O)[C@H]4O[C@@H]4O[C@@H](C)[C@@H](O)[C@@H](O)[C@@H]4O)[C@H](O)[C@H]3NC(C)=O)[C@@H](O[C@@H]3O[C@H](CO)[C@@H](O)[C@H](O)[C@H]3NC(C)=O)[C@H](O[C@H]3O[C@H](CO)[C@@H](O)[C@H](O)[C@@H]3O[C@@H]3O[C@H](CO)[C@@H](O[C@@H]4O[C@H](CO)[C@H](O)[C@H](O)[C@H]4O[C@@H]4O[C@@H](C)[C@@H](O)[C@@H](O)[C@@H]4O)[C@H](O)[C@H]3NC(C)=O)[C@@H]2O)[C@@H]1O. The average molecular weight is 2140 g/mol. The first-order valence-corrected chi connectivity index (χ1v) is 46.9. The number of nitrogens with one attached hydrogen (secondary N) is 5. The predicted octanol–water partition coefficient (Wildman–Crippen LogP) is -24.4. The molecular formula is C82H137N5O59. The Kier molecular flexibility index (Phi) is 42.8. The van der Waals surface area contributed by atoms with E-state index in [0.717, 1.165) is 34.6 Å². The number of carbonyl (C=O) groups excluding carboxylic acids is 5. The van der Waals surface area contributed by atoms with Crippen LogP contribution in [0.15, 0.2) is 0 Å². The molecule has 12 aliphatic heterocycles. The van der Waals surface area contributed by atoms with E-state index in [4.69, 9.17) is 109 Å². The van der Waals surface area contributed by atoms with Crippen molar-refractivity contribution in [2.45, 2.75) is 417 Å². The number of aliphatic hydroxyl groups is 31. The second-order valence-electron chi connectivity index (χ2n) is 37.3. The topological polar surface area (TPSA) is 985 Å². The molecule has 146 heavy (non-hydrogen) atoms. The molecule has 12 saturated heterocycles. The van der Waals surface area contributed by atoms with Crippen molar-refractivity contribution in [1.82, 2.24) is 26.6 Å². The first-order valence-electron chi connectivity index (χ1n) is 46.9. The van der Waals surface area contributed by atoms with Crippen LogP contribution in [-0.2, 0) is 133 Å². The van der Waals surface area contributed by atoms with Crippen molar-refractivity contribution in [1.29, 1.82) is 0 Å². The van der Waals surface area contributed by atoms with Gasteiger partial charge in [0.05, 0.1) is 78.3 Å². The number of hydrogen-bond acceptors (Lipinski definition) is 59. The fraction of sp³-hybridized carbons (Fsp3) is 0.939. The maximum Gasteiger partial charge on any atom is 0.217 e. The summed E-state index contributed by atoms with van der Waals surface area (Å²) in [6, 6.07) is -10.2. The minimum atomic E-state index is -2.85. The van der Waals surface area contributed by atoms with Crippen molar-refractivity contribution >= 4 is 29.5 Å². The molecule has 0 spiro atoms. The van der Waals surface area contributed by atoms with Gasteiger partial charge in [-0.05, 0) is 13.8 Å². The van der Waals surface area contributed by atoms with E-state index in [9.17, 15) is 182 Å².